The van der Waals surface area contributed by atoms with Crippen molar-refractivity contribution in [1.29, 1.82) is 0 Å². The van der Waals surface area contributed by atoms with Crippen LogP contribution in [-0.4, -0.2) is 36.8 Å². The molecule has 0 aliphatic heterocycles. The lowest BCUT2D eigenvalue weighted by Gasteiger charge is -2.28. The number of hydrogen-bond donors (Lipinski definition) is 3. The standard InChI is InChI=1S/C10H20N2O2/c1-11-10(14)6-7-12-8-4-2-3-5-9(8)13/h8-9,12-13H,2-7H2,1H3,(H,11,14). The van der Waals surface area contributed by atoms with Gasteiger partial charge < -0.3 is 15.7 Å². The largest absolute Gasteiger partial charge is 0.392 e. The molecule has 0 bridgehead atoms. The zero-order valence-electron chi connectivity index (χ0n) is 8.75. The van der Waals surface area contributed by atoms with Crippen molar-refractivity contribution in [2.45, 2.75) is 44.2 Å². The van der Waals surface area contributed by atoms with Gasteiger partial charge in [-0.05, 0) is 12.8 Å². The highest BCUT2D eigenvalue weighted by atomic mass is 16.3. The number of carbonyl (C=O) groups is 1. The summed E-state index contributed by atoms with van der Waals surface area (Å²) in [4.78, 5) is 10.9. The maximum absolute atomic E-state index is 10.9. The fraction of sp³-hybridized carbons (Fsp3) is 0.900. The number of nitrogens with one attached hydrogen (secondary N) is 2. The van der Waals surface area contributed by atoms with Crippen LogP contribution in [0.1, 0.15) is 32.1 Å². The highest BCUT2D eigenvalue weighted by Gasteiger charge is 2.21. The van der Waals surface area contributed by atoms with E-state index in [9.17, 15) is 9.90 Å². The predicted molar refractivity (Wildman–Crippen MR) is 54.9 cm³/mol. The van der Waals surface area contributed by atoms with Crippen molar-refractivity contribution in [3.63, 3.8) is 0 Å². The smallest absolute Gasteiger partial charge is 0.221 e. The molecule has 2 atom stereocenters. The van der Waals surface area contributed by atoms with Crippen LogP contribution >= 0.6 is 0 Å². The Morgan fingerprint density at radius 2 is 2.14 bits per heavy atom. The Balaban J connectivity index is 2.13. The third-order valence-corrected chi connectivity index (χ3v) is 2.77. The van der Waals surface area contributed by atoms with E-state index in [-0.39, 0.29) is 18.1 Å². The van der Waals surface area contributed by atoms with Gasteiger partial charge in [0.25, 0.3) is 0 Å². The molecule has 0 heterocycles. The molecule has 1 amide bonds. The molecule has 1 rings (SSSR count). The summed E-state index contributed by atoms with van der Waals surface area (Å²) in [5, 5.41) is 15.4. The molecule has 3 N–H and O–H groups in total. The van der Waals surface area contributed by atoms with Crippen LogP contribution in [0.15, 0.2) is 0 Å². The summed E-state index contributed by atoms with van der Waals surface area (Å²) in [6.45, 7) is 0.654. The maximum atomic E-state index is 10.9. The quantitative estimate of drug-likeness (QED) is 0.599. The summed E-state index contributed by atoms with van der Waals surface area (Å²) in [6.07, 6.45) is 4.46. The number of amides is 1. The van der Waals surface area contributed by atoms with Gasteiger partial charge in [-0.25, -0.2) is 0 Å². The Bertz CT molecular complexity index is 185. The van der Waals surface area contributed by atoms with Crippen LogP contribution < -0.4 is 10.6 Å². The zero-order valence-corrected chi connectivity index (χ0v) is 8.75. The van der Waals surface area contributed by atoms with E-state index < -0.39 is 0 Å². The molecule has 0 aromatic rings. The summed E-state index contributed by atoms with van der Waals surface area (Å²) < 4.78 is 0. The lowest BCUT2D eigenvalue weighted by atomic mass is 9.92. The summed E-state index contributed by atoms with van der Waals surface area (Å²) in [7, 11) is 1.64. The van der Waals surface area contributed by atoms with Crippen LogP contribution in [-0.2, 0) is 4.79 Å². The van der Waals surface area contributed by atoms with E-state index in [1.165, 1.54) is 6.42 Å². The second-order valence-corrected chi connectivity index (χ2v) is 3.84. The van der Waals surface area contributed by atoms with E-state index in [2.05, 4.69) is 10.6 Å². The average Bonchev–Trinajstić information content (AvgIpc) is 2.20. The minimum atomic E-state index is -0.228. The van der Waals surface area contributed by atoms with Crippen molar-refractivity contribution in [2.24, 2.45) is 0 Å². The number of aliphatic hydroxyl groups is 1. The first kappa shape index (κ1) is 11.5. The maximum Gasteiger partial charge on any atom is 0.221 e. The first-order valence-electron chi connectivity index (χ1n) is 5.36. The Hall–Kier alpha value is -0.610. The number of rotatable bonds is 4. The van der Waals surface area contributed by atoms with E-state index in [0.29, 0.717) is 13.0 Å². The van der Waals surface area contributed by atoms with Crippen LogP contribution in [0.2, 0.25) is 0 Å². The first-order chi connectivity index (χ1) is 6.74. The van der Waals surface area contributed by atoms with Gasteiger partial charge in [0, 0.05) is 26.1 Å². The minimum absolute atomic E-state index is 0.0443. The molecule has 0 radical (unpaired) electrons. The van der Waals surface area contributed by atoms with E-state index in [1.807, 2.05) is 0 Å². The van der Waals surface area contributed by atoms with Gasteiger partial charge in [-0.1, -0.05) is 12.8 Å². The molecule has 82 valence electrons. The molecule has 0 saturated heterocycles. The van der Waals surface area contributed by atoms with Crippen molar-refractivity contribution in [2.75, 3.05) is 13.6 Å². The number of hydrogen-bond acceptors (Lipinski definition) is 3. The normalized spacial score (nSPS) is 27.3. The molecule has 1 saturated carbocycles. The lowest BCUT2D eigenvalue weighted by Crippen LogP contribution is -2.43. The topological polar surface area (TPSA) is 61.4 Å². The van der Waals surface area contributed by atoms with Crippen LogP contribution in [0.4, 0.5) is 0 Å². The van der Waals surface area contributed by atoms with Gasteiger partial charge >= 0.3 is 0 Å². The molecule has 0 spiro atoms. The molecule has 1 aliphatic rings. The fourth-order valence-corrected chi connectivity index (χ4v) is 1.85. The third kappa shape index (κ3) is 3.64. The van der Waals surface area contributed by atoms with Crippen LogP contribution in [0, 0.1) is 0 Å². The van der Waals surface area contributed by atoms with Crippen molar-refractivity contribution < 1.29 is 9.90 Å². The van der Waals surface area contributed by atoms with Gasteiger partial charge in [0.05, 0.1) is 6.10 Å². The van der Waals surface area contributed by atoms with Crippen molar-refractivity contribution in [3.05, 3.63) is 0 Å². The summed E-state index contributed by atoms with van der Waals surface area (Å²) in [5.74, 6) is 0.0443. The number of aliphatic hydroxyl groups excluding tert-OH is 1. The molecule has 14 heavy (non-hydrogen) atoms. The van der Waals surface area contributed by atoms with Crippen molar-refractivity contribution >= 4 is 5.91 Å². The molecule has 1 fully saturated rings. The second kappa shape index (κ2) is 5.98. The first-order valence-corrected chi connectivity index (χ1v) is 5.36. The second-order valence-electron chi connectivity index (χ2n) is 3.84. The highest BCUT2D eigenvalue weighted by molar-refractivity contribution is 5.75. The highest BCUT2D eigenvalue weighted by Crippen LogP contribution is 2.17. The molecule has 0 aromatic heterocycles. The SMILES string of the molecule is CNC(=O)CCNC1CCCCC1O. The van der Waals surface area contributed by atoms with Crippen LogP contribution in [0.3, 0.4) is 0 Å². The van der Waals surface area contributed by atoms with E-state index in [4.69, 9.17) is 0 Å². The van der Waals surface area contributed by atoms with E-state index >= 15 is 0 Å². The Kier molecular flexibility index (Phi) is 4.90. The molecule has 1 aliphatic carbocycles. The molecular formula is C10H20N2O2. The zero-order chi connectivity index (χ0) is 10.4. The van der Waals surface area contributed by atoms with E-state index in [0.717, 1.165) is 19.3 Å². The fourth-order valence-electron chi connectivity index (χ4n) is 1.85. The molecular weight excluding hydrogens is 180 g/mol. The van der Waals surface area contributed by atoms with Gasteiger partial charge in [-0.15, -0.1) is 0 Å². The summed E-state index contributed by atoms with van der Waals surface area (Å²) in [6, 6.07) is 0.188. The summed E-state index contributed by atoms with van der Waals surface area (Å²) in [5.41, 5.74) is 0. The van der Waals surface area contributed by atoms with Gasteiger partial charge in [0.15, 0.2) is 0 Å². The predicted octanol–water partition coefficient (Wildman–Crippen LogP) is 0.0156. The van der Waals surface area contributed by atoms with Gasteiger partial charge in [-0.3, -0.25) is 4.79 Å². The van der Waals surface area contributed by atoms with Crippen LogP contribution in [0.25, 0.3) is 0 Å². The van der Waals surface area contributed by atoms with Gasteiger partial charge in [0.1, 0.15) is 0 Å². The third-order valence-electron chi connectivity index (χ3n) is 2.77. The van der Waals surface area contributed by atoms with Gasteiger partial charge in [0.2, 0.25) is 5.91 Å². The lowest BCUT2D eigenvalue weighted by molar-refractivity contribution is -0.120. The monoisotopic (exact) mass is 200 g/mol. The number of carbonyl (C=O) groups excluding carboxylic acids is 1. The van der Waals surface area contributed by atoms with Gasteiger partial charge in [-0.2, -0.15) is 0 Å². The Morgan fingerprint density at radius 1 is 1.43 bits per heavy atom. The molecule has 0 aromatic carbocycles. The summed E-state index contributed by atoms with van der Waals surface area (Å²) >= 11 is 0. The minimum Gasteiger partial charge on any atom is -0.392 e. The Labute approximate surface area is 85.1 Å². The van der Waals surface area contributed by atoms with Crippen molar-refractivity contribution in [3.8, 4) is 0 Å². The van der Waals surface area contributed by atoms with E-state index in [1.54, 1.807) is 7.05 Å². The molecule has 4 nitrogen and oxygen atoms in total. The average molecular weight is 200 g/mol. The van der Waals surface area contributed by atoms with Crippen molar-refractivity contribution in [1.82, 2.24) is 10.6 Å². The Morgan fingerprint density at radius 3 is 2.79 bits per heavy atom. The molecule has 2 unspecified atom stereocenters. The molecule has 4 heteroatoms. The van der Waals surface area contributed by atoms with Crippen LogP contribution in [0.5, 0.6) is 0 Å².